The van der Waals surface area contributed by atoms with Crippen LogP contribution in [0.15, 0.2) is 30.9 Å². The van der Waals surface area contributed by atoms with Crippen molar-refractivity contribution in [3.8, 4) is 5.75 Å². The van der Waals surface area contributed by atoms with Gasteiger partial charge in [0.25, 0.3) is 0 Å². The van der Waals surface area contributed by atoms with Crippen molar-refractivity contribution in [3.63, 3.8) is 0 Å². The van der Waals surface area contributed by atoms with Crippen LogP contribution < -0.4 is 5.73 Å². The van der Waals surface area contributed by atoms with Crippen LogP contribution >= 0.6 is 0 Å². The number of phenols is 1. The molecular formula is C12H17NO. The Bertz CT molecular complexity index is 320. The molecule has 0 bridgehead atoms. The minimum absolute atomic E-state index is 0.154. The molecule has 76 valence electrons. The molecule has 0 unspecified atom stereocenters. The summed E-state index contributed by atoms with van der Waals surface area (Å²) in [4.78, 5) is 0. The highest BCUT2D eigenvalue weighted by Crippen LogP contribution is 2.28. The highest BCUT2D eigenvalue weighted by molar-refractivity contribution is 5.42. The number of hydrogen-bond acceptors (Lipinski definition) is 2. The summed E-state index contributed by atoms with van der Waals surface area (Å²) < 4.78 is 0. The lowest BCUT2D eigenvalue weighted by Gasteiger charge is -2.13. The topological polar surface area (TPSA) is 46.2 Å². The zero-order valence-corrected chi connectivity index (χ0v) is 8.53. The van der Waals surface area contributed by atoms with E-state index < -0.39 is 0 Å². The molecule has 2 heteroatoms. The summed E-state index contributed by atoms with van der Waals surface area (Å²) in [7, 11) is 0. The van der Waals surface area contributed by atoms with Crippen LogP contribution in [0.1, 0.15) is 30.5 Å². The van der Waals surface area contributed by atoms with Crippen molar-refractivity contribution in [1.82, 2.24) is 0 Å². The summed E-state index contributed by atoms with van der Waals surface area (Å²) >= 11 is 0. The first-order chi connectivity index (χ1) is 6.70. The second-order valence-electron chi connectivity index (χ2n) is 3.34. The monoisotopic (exact) mass is 191 g/mol. The van der Waals surface area contributed by atoms with Gasteiger partial charge in [-0.15, -0.1) is 6.58 Å². The van der Waals surface area contributed by atoms with E-state index in [2.05, 4.69) is 6.58 Å². The predicted molar refractivity (Wildman–Crippen MR) is 59.2 cm³/mol. The van der Waals surface area contributed by atoms with Gasteiger partial charge in [0.1, 0.15) is 5.75 Å². The molecule has 1 rings (SSSR count). The minimum atomic E-state index is -0.154. The van der Waals surface area contributed by atoms with E-state index in [1.807, 2.05) is 25.1 Å². The Morgan fingerprint density at radius 2 is 2.29 bits per heavy atom. The molecule has 2 nitrogen and oxygen atoms in total. The number of rotatable bonds is 4. The normalized spacial score (nSPS) is 12.4. The molecule has 0 radical (unpaired) electrons. The highest BCUT2D eigenvalue weighted by atomic mass is 16.3. The molecule has 0 spiro atoms. The van der Waals surface area contributed by atoms with Crippen LogP contribution in [0.5, 0.6) is 5.75 Å². The molecule has 0 saturated heterocycles. The third-order valence-electron chi connectivity index (χ3n) is 2.35. The smallest absolute Gasteiger partial charge is 0.123 e. The van der Waals surface area contributed by atoms with E-state index in [-0.39, 0.29) is 6.04 Å². The van der Waals surface area contributed by atoms with E-state index >= 15 is 0 Å². The third kappa shape index (κ3) is 2.15. The molecule has 1 atom stereocenters. The Morgan fingerprint density at radius 3 is 2.86 bits per heavy atom. The first-order valence-corrected chi connectivity index (χ1v) is 4.88. The van der Waals surface area contributed by atoms with Crippen LogP contribution in [0, 0.1) is 0 Å². The standard InChI is InChI=1S/C12H17NO/c1-3-6-11(13)10-8-5-7-9(4-2)12(10)14/h3,5,7-8,11,14H,1,4,6,13H2,2H3/t11-/m0/s1. The van der Waals surface area contributed by atoms with Crippen molar-refractivity contribution in [2.24, 2.45) is 5.73 Å². The van der Waals surface area contributed by atoms with Gasteiger partial charge in [0.15, 0.2) is 0 Å². The maximum absolute atomic E-state index is 9.87. The summed E-state index contributed by atoms with van der Waals surface area (Å²) in [5.74, 6) is 0.337. The maximum atomic E-state index is 9.87. The summed E-state index contributed by atoms with van der Waals surface area (Å²) in [6.07, 6.45) is 3.27. The second kappa shape index (κ2) is 4.82. The van der Waals surface area contributed by atoms with Crippen molar-refractivity contribution in [2.75, 3.05) is 0 Å². The van der Waals surface area contributed by atoms with E-state index in [4.69, 9.17) is 5.73 Å². The average molecular weight is 191 g/mol. The fourth-order valence-corrected chi connectivity index (χ4v) is 1.50. The Hall–Kier alpha value is -1.28. The van der Waals surface area contributed by atoms with E-state index in [0.717, 1.165) is 17.5 Å². The fraction of sp³-hybridized carbons (Fsp3) is 0.333. The molecule has 14 heavy (non-hydrogen) atoms. The van der Waals surface area contributed by atoms with Crippen LogP contribution in [0.3, 0.4) is 0 Å². The number of para-hydroxylation sites is 1. The van der Waals surface area contributed by atoms with E-state index in [9.17, 15) is 5.11 Å². The van der Waals surface area contributed by atoms with E-state index in [1.54, 1.807) is 6.08 Å². The van der Waals surface area contributed by atoms with Gasteiger partial charge in [-0.3, -0.25) is 0 Å². The Morgan fingerprint density at radius 1 is 1.57 bits per heavy atom. The SMILES string of the molecule is C=CC[C@H](N)c1cccc(CC)c1O. The lowest BCUT2D eigenvalue weighted by atomic mass is 9.99. The molecule has 0 saturated carbocycles. The van der Waals surface area contributed by atoms with Crippen molar-refractivity contribution in [3.05, 3.63) is 42.0 Å². The maximum Gasteiger partial charge on any atom is 0.123 e. The molecule has 1 aromatic rings. The molecule has 0 aromatic heterocycles. The molecule has 0 aliphatic heterocycles. The van der Waals surface area contributed by atoms with Gasteiger partial charge in [0.2, 0.25) is 0 Å². The van der Waals surface area contributed by atoms with Gasteiger partial charge in [-0.25, -0.2) is 0 Å². The zero-order valence-electron chi connectivity index (χ0n) is 8.53. The van der Waals surface area contributed by atoms with Gasteiger partial charge < -0.3 is 10.8 Å². The van der Waals surface area contributed by atoms with Gasteiger partial charge in [0, 0.05) is 11.6 Å². The van der Waals surface area contributed by atoms with Crippen molar-refractivity contribution < 1.29 is 5.11 Å². The third-order valence-corrected chi connectivity index (χ3v) is 2.35. The van der Waals surface area contributed by atoms with Gasteiger partial charge in [-0.05, 0) is 18.4 Å². The lowest BCUT2D eigenvalue weighted by Crippen LogP contribution is -2.09. The predicted octanol–water partition coefficient (Wildman–Crippen LogP) is 2.53. The first-order valence-electron chi connectivity index (χ1n) is 4.88. The Labute approximate surface area is 85.1 Å². The van der Waals surface area contributed by atoms with Crippen molar-refractivity contribution in [2.45, 2.75) is 25.8 Å². The lowest BCUT2D eigenvalue weighted by molar-refractivity contribution is 0.455. The largest absolute Gasteiger partial charge is 0.507 e. The molecule has 0 heterocycles. The molecule has 0 aliphatic carbocycles. The van der Waals surface area contributed by atoms with Crippen LogP contribution in [0.2, 0.25) is 0 Å². The first kappa shape index (κ1) is 10.8. The Balaban J connectivity index is 3.02. The average Bonchev–Trinajstić information content (AvgIpc) is 2.18. The number of aryl methyl sites for hydroxylation is 1. The van der Waals surface area contributed by atoms with Gasteiger partial charge in [0.05, 0.1) is 0 Å². The van der Waals surface area contributed by atoms with Crippen molar-refractivity contribution >= 4 is 0 Å². The van der Waals surface area contributed by atoms with Crippen LogP contribution in [-0.2, 0) is 6.42 Å². The summed E-state index contributed by atoms with van der Waals surface area (Å²) in [5.41, 5.74) is 7.65. The zero-order chi connectivity index (χ0) is 10.6. The Kier molecular flexibility index (Phi) is 3.72. The van der Waals surface area contributed by atoms with Crippen LogP contribution in [-0.4, -0.2) is 5.11 Å². The molecule has 0 fully saturated rings. The van der Waals surface area contributed by atoms with Gasteiger partial charge in [-0.1, -0.05) is 31.2 Å². The number of benzene rings is 1. The van der Waals surface area contributed by atoms with Gasteiger partial charge in [-0.2, -0.15) is 0 Å². The number of phenolic OH excluding ortho intramolecular Hbond substituents is 1. The molecule has 0 aliphatic rings. The van der Waals surface area contributed by atoms with Gasteiger partial charge >= 0.3 is 0 Å². The number of nitrogens with two attached hydrogens (primary N) is 1. The highest BCUT2D eigenvalue weighted by Gasteiger charge is 2.11. The number of aromatic hydroxyl groups is 1. The summed E-state index contributed by atoms with van der Waals surface area (Å²) in [5, 5.41) is 9.87. The quantitative estimate of drug-likeness (QED) is 0.718. The van der Waals surface area contributed by atoms with Crippen molar-refractivity contribution in [1.29, 1.82) is 0 Å². The van der Waals surface area contributed by atoms with E-state index in [0.29, 0.717) is 12.2 Å². The molecular weight excluding hydrogens is 174 g/mol. The molecule has 0 amide bonds. The van der Waals surface area contributed by atoms with Crippen LogP contribution in [0.25, 0.3) is 0 Å². The van der Waals surface area contributed by atoms with E-state index in [1.165, 1.54) is 0 Å². The fourth-order valence-electron chi connectivity index (χ4n) is 1.50. The summed E-state index contributed by atoms with van der Waals surface area (Å²) in [6.45, 7) is 5.65. The van der Waals surface area contributed by atoms with Crippen LogP contribution in [0.4, 0.5) is 0 Å². The molecule has 3 N–H and O–H groups in total. The number of hydrogen-bond donors (Lipinski definition) is 2. The minimum Gasteiger partial charge on any atom is -0.507 e. The summed E-state index contributed by atoms with van der Waals surface area (Å²) in [6, 6.07) is 5.55. The second-order valence-corrected chi connectivity index (χ2v) is 3.34. The molecule has 1 aromatic carbocycles.